The molecule has 6 nitrogen and oxygen atoms in total. The molecule has 1 aliphatic heterocycles. The maximum atomic E-state index is 12.0. The Balaban J connectivity index is 1.53. The number of hydrogen-bond donors (Lipinski definition) is 1. The van der Waals surface area contributed by atoms with E-state index >= 15 is 0 Å². The van der Waals surface area contributed by atoms with E-state index < -0.39 is 0 Å². The van der Waals surface area contributed by atoms with E-state index in [1.165, 1.54) is 5.56 Å². The number of aromatic nitrogens is 3. The second kappa shape index (κ2) is 7.50. The number of carbonyl (C=O) groups excluding carboxylic acids is 1. The first-order valence-electron chi connectivity index (χ1n) is 7.82. The summed E-state index contributed by atoms with van der Waals surface area (Å²) in [5.41, 5.74) is 1.25. The molecule has 1 fully saturated rings. The first-order chi connectivity index (χ1) is 11.2. The number of carbonyl (C=O) groups is 1. The van der Waals surface area contributed by atoms with Crippen molar-refractivity contribution in [1.82, 2.24) is 25.0 Å². The number of urea groups is 1. The lowest BCUT2D eigenvalue weighted by Gasteiger charge is -2.15. The Labute approximate surface area is 140 Å². The van der Waals surface area contributed by atoms with E-state index in [0.29, 0.717) is 6.54 Å². The van der Waals surface area contributed by atoms with E-state index in [9.17, 15) is 4.79 Å². The average molecular weight is 331 g/mol. The summed E-state index contributed by atoms with van der Waals surface area (Å²) in [4.78, 5) is 13.8. The molecule has 1 aromatic heterocycles. The Morgan fingerprint density at radius 1 is 1.22 bits per heavy atom. The number of amides is 2. The van der Waals surface area contributed by atoms with Crippen LogP contribution in [0.5, 0.6) is 0 Å². The lowest BCUT2D eigenvalue weighted by Crippen LogP contribution is -2.37. The Bertz CT molecular complexity index is 652. The molecule has 0 bridgehead atoms. The van der Waals surface area contributed by atoms with E-state index in [0.717, 1.165) is 42.7 Å². The molecule has 0 aliphatic carbocycles. The summed E-state index contributed by atoms with van der Waals surface area (Å²) < 4.78 is 1.94. The van der Waals surface area contributed by atoms with Gasteiger partial charge in [0.15, 0.2) is 11.0 Å². The smallest absolute Gasteiger partial charge is 0.317 e. The van der Waals surface area contributed by atoms with Gasteiger partial charge < -0.3 is 14.8 Å². The molecule has 1 aromatic carbocycles. The summed E-state index contributed by atoms with van der Waals surface area (Å²) >= 11 is 1.65. The minimum Gasteiger partial charge on any atom is -0.331 e. The van der Waals surface area contributed by atoms with Crippen molar-refractivity contribution in [2.45, 2.75) is 30.3 Å². The summed E-state index contributed by atoms with van der Waals surface area (Å²) in [6.07, 6.45) is 2.19. The molecule has 0 saturated carbocycles. The van der Waals surface area contributed by atoms with Gasteiger partial charge in [0, 0.05) is 25.9 Å². The fourth-order valence-corrected chi connectivity index (χ4v) is 3.42. The van der Waals surface area contributed by atoms with E-state index in [1.807, 2.05) is 34.7 Å². The van der Waals surface area contributed by atoms with Crippen LogP contribution < -0.4 is 5.32 Å². The highest BCUT2D eigenvalue weighted by Crippen LogP contribution is 2.20. The molecular formula is C16H21N5OS. The van der Waals surface area contributed by atoms with Crippen molar-refractivity contribution < 1.29 is 4.79 Å². The van der Waals surface area contributed by atoms with Gasteiger partial charge in [-0.1, -0.05) is 42.1 Å². The third-order valence-corrected chi connectivity index (χ3v) is 5.02. The van der Waals surface area contributed by atoms with Crippen LogP contribution in [0.4, 0.5) is 4.79 Å². The molecule has 7 heteroatoms. The molecule has 2 heterocycles. The highest BCUT2D eigenvalue weighted by Gasteiger charge is 2.18. The summed E-state index contributed by atoms with van der Waals surface area (Å²) in [7, 11) is 1.94. The van der Waals surface area contributed by atoms with Crippen molar-refractivity contribution >= 4 is 17.8 Å². The monoisotopic (exact) mass is 331 g/mol. The third-order valence-electron chi connectivity index (χ3n) is 3.93. The maximum absolute atomic E-state index is 12.0. The van der Waals surface area contributed by atoms with Gasteiger partial charge in [-0.3, -0.25) is 0 Å². The number of nitrogens with zero attached hydrogens (tertiary/aromatic N) is 4. The molecular weight excluding hydrogens is 310 g/mol. The van der Waals surface area contributed by atoms with E-state index in [2.05, 4.69) is 27.6 Å². The number of thioether (sulfide) groups is 1. The fraction of sp³-hybridized carbons (Fsp3) is 0.438. The van der Waals surface area contributed by atoms with E-state index in [1.54, 1.807) is 11.8 Å². The van der Waals surface area contributed by atoms with Gasteiger partial charge in [-0.05, 0) is 18.4 Å². The summed E-state index contributed by atoms with van der Waals surface area (Å²) in [5.74, 6) is 1.63. The Morgan fingerprint density at radius 2 is 1.96 bits per heavy atom. The van der Waals surface area contributed by atoms with Gasteiger partial charge in [-0.25, -0.2) is 4.79 Å². The summed E-state index contributed by atoms with van der Waals surface area (Å²) in [6, 6.07) is 10.3. The van der Waals surface area contributed by atoms with Crippen LogP contribution in [-0.4, -0.2) is 38.8 Å². The molecule has 2 aromatic rings. The molecule has 3 rings (SSSR count). The quantitative estimate of drug-likeness (QED) is 0.855. The summed E-state index contributed by atoms with van der Waals surface area (Å²) in [6.45, 7) is 2.11. The standard InChI is InChI=1S/C16H21N5OS/c1-20-14(11-17-15(22)21-9-5-6-10-21)18-19-16(20)23-12-13-7-3-2-4-8-13/h2-4,7-8H,5-6,9-12H2,1H3,(H,17,22). The van der Waals surface area contributed by atoms with Crippen LogP contribution >= 0.6 is 11.8 Å². The number of benzene rings is 1. The third kappa shape index (κ3) is 4.04. The van der Waals surface area contributed by atoms with Crippen molar-refractivity contribution in [1.29, 1.82) is 0 Å². The SMILES string of the molecule is Cn1c(CNC(=O)N2CCCC2)nnc1SCc1ccccc1. The lowest BCUT2D eigenvalue weighted by molar-refractivity contribution is 0.208. The minimum atomic E-state index is -0.0102. The van der Waals surface area contributed by atoms with Gasteiger partial charge in [-0.15, -0.1) is 10.2 Å². The zero-order valence-corrected chi connectivity index (χ0v) is 14.1. The Hall–Kier alpha value is -2.02. The van der Waals surface area contributed by atoms with Crippen molar-refractivity contribution in [2.75, 3.05) is 13.1 Å². The number of hydrogen-bond acceptors (Lipinski definition) is 4. The highest BCUT2D eigenvalue weighted by atomic mass is 32.2. The molecule has 0 atom stereocenters. The van der Waals surface area contributed by atoms with Crippen LogP contribution in [0.25, 0.3) is 0 Å². The molecule has 0 unspecified atom stereocenters. The fourth-order valence-electron chi connectivity index (χ4n) is 2.53. The van der Waals surface area contributed by atoms with Crippen LogP contribution in [0.2, 0.25) is 0 Å². The second-order valence-electron chi connectivity index (χ2n) is 5.58. The maximum Gasteiger partial charge on any atom is 0.317 e. The number of likely N-dealkylation sites (tertiary alicyclic amines) is 1. The van der Waals surface area contributed by atoms with E-state index in [4.69, 9.17) is 0 Å². The number of nitrogens with one attached hydrogen (secondary N) is 1. The summed E-state index contributed by atoms with van der Waals surface area (Å²) in [5, 5.41) is 12.2. The number of rotatable bonds is 5. The van der Waals surface area contributed by atoms with Gasteiger partial charge in [0.25, 0.3) is 0 Å². The molecule has 2 amide bonds. The average Bonchev–Trinajstić information content (AvgIpc) is 3.22. The Kier molecular flexibility index (Phi) is 5.17. The van der Waals surface area contributed by atoms with Crippen LogP contribution in [0, 0.1) is 0 Å². The van der Waals surface area contributed by atoms with Crippen LogP contribution in [0.1, 0.15) is 24.2 Å². The lowest BCUT2D eigenvalue weighted by atomic mass is 10.2. The predicted molar refractivity (Wildman–Crippen MR) is 90.0 cm³/mol. The van der Waals surface area contributed by atoms with Crippen molar-refractivity contribution in [2.24, 2.45) is 7.05 Å². The topological polar surface area (TPSA) is 63.1 Å². The van der Waals surface area contributed by atoms with Crippen molar-refractivity contribution in [3.05, 3.63) is 41.7 Å². The molecule has 1 N–H and O–H groups in total. The first kappa shape index (κ1) is 15.9. The van der Waals surface area contributed by atoms with Gasteiger partial charge in [-0.2, -0.15) is 0 Å². The molecule has 1 aliphatic rings. The zero-order valence-electron chi connectivity index (χ0n) is 13.2. The Morgan fingerprint density at radius 3 is 2.70 bits per heavy atom. The molecule has 1 saturated heterocycles. The molecule has 122 valence electrons. The predicted octanol–water partition coefficient (Wildman–Crippen LogP) is 2.41. The van der Waals surface area contributed by atoms with Crippen LogP contribution in [0.15, 0.2) is 35.5 Å². The van der Waals surface area contributed by atoms with Crippen molar-refractivity contribution in [3.63, 3.8) is 0 Å². The molecule has 23 heavy (non-hydrogen) atoms. The molecule has 0 radical (unpaired) electrons. The minimum absolute atomic E-state index is 0.0102. The largest absolute Gasteiger partial charge is 0.331 e. The highest BCUT2D eigenvalue weighted by molar-refractivity contribution is 7.98. The van der Waals surface area contributed by atoms with Gasteiger partial charge >= 0.3 is 6.03 Å². The van der Waals surface area contributed by atoms with Gasteiger partial charge in [0.2, 0.25) is 0 Å². The molecule has 0 spiro atoms. The zero-order chi connectivity index (χ0) is 16.1. The van der Waals surface area contributed by atoms with Gasteiger partial charge in [0.05, 0.1) is 6.54 Å². The van der Waals surface area contributed by atoms with Crippen LogP contribution in [-0.2, 0) is 19.3 Å². The van der Waals surface area contributed by atoms with Gasteiger partial charge in [0.1, 0.15) is 0 Å². The second-order valence-corrected chi connectivity index (χ2v) is 6.53. The van der Waals surface area contributed by atoms with E-state index in [-0.39, 0.29) is 6.03 Å². The van der Waals surface area contributed by atoms with Crippen LogP contribution in [0.3, 0.4) is 0 Å². The normalized spacial score (nSPS) is 14.2. The first-order valence-corrected chi connectivity index (χ1v) is 8.80. The van der Waals surface area contributed by atoms with Crippen molar-refractivity contribution in [3.8, 4) is 0 Å².